The summed E-state index contributed by atoms with van der Waals surface area (Å²) in [6.45, 7) is 6.79. The number of aryl methyl sites for hydroxylation is 1. The molecule has 4 heteroatoms. The number of benzene rings is 1. The lowest BCUT2D eigenvalue weighted by Gasteiger charge is -2.37. The summed E-state index contributed by atoms with van der Waals surface area (Å²) in [4.78, 5) is 14.2. The largest absolute Gasteiger partial charge is 0.507 e. The van der Waals surface area contributed by atoms with E-state index in [4.69, 9.17) is 4.74 Å². The van der Waals surface area contributed by atoms with Gasteiger partial charge in [-0.05, 0) is 32.4 Å². The van der Waals surface area contributed by atoms with Crippen LogP contribution in [0.3, 0.4) is 0 Å². The predicted octanol–water partition coefficient (Wildman–Crippen LogP) is 1.95. The summed E-state index contributed by atoms with van der Waals surface area (Å²) in [5.74, 6) is -0.0484. The molecule has 98 valence electrons. The van der Waals surface area contributed by atoms with Gasteiger partial charge in [-0.15, -0.1) is 0 Å². The van der Waals surface area contributed by atoms with Crippen LogP contribution in [0.15, 0.2) is 18.2 Å². The molecule has 1 N–H and O–H groups in total. The molecule has 0 aromatic heterocycles. The second-order valence-corrected chi connectivity index (χ2v) is 4.92. The second kappa shape index (κ2) is 4.98. The van der Waals surface area contributed by atoms with Gasteiger partial charge in [0.15, 0.2) is 0 Å². The van der Waals surface area contributed by atoms with Crippen molar-refractivity contribution in [2.24, 2.45) is 0 Å². The first kappa shape index (κ1) is 12.9. The third-order valence-electron chi connectivity index (χ3n) is 3.34. The van der Waals surface area contributed by atoms with E-state index in [1.165, 1.54) is 0 Å². The van der Waals surface area contributed by atoms with Crippen LogP contribution in [0.5, 0.6) is 5.75 Å². The topological polar surface area (TPSA) is 49.8 Å². The highest BCUT2D eigenvalue weighted by Gasteiger charge is 2.29. The highest BCUT2D eigenvalue weighted by molar-refractivity contribution is 5.97. The number of hydrogen-bond acceptors (Lipinski definition) is 3. The molecule has 0 spiro atoms. The third-order valence-corrected chi connectivity index (χ3v) is 3.34. The summed E-state index contributed by atoms with van der Waals surface area (Å²) in [5.41, 5.74) is 1.09. The lowest BCUT2D eigenvalue weighted by atomic mass is 10.1. The van der Waals surface area contributed by atoms with Gasteiger partial charge in [0.05, 0.1) is 24.3 Å². The predicted molar refractivity (Wildman–Crippen MR) is 68.8 cm³/mol. The zero-order valence-electron chi connectivity index (χ0n) is 11.0. The maximum atomic E-state index is 12.4. The van der Waals surface area contributed by atoms with Crippen LogP contribution in [0.2, 0.25) is 0 Å². The highest BCUT2D eigenvalue weighted by Crippen LogP contribution is 2.24. The molecule has 0 aliphatic carbocycles. The van der Waals surface area contributed by atoms with Crippen LogP contribution in [0.25, 0.3) is 0 Å². The molecule has 2 atom stereocenters. The van der Waals surface area contributed by atoms with Gasteiger partial charge in [0.1, 0.15) is 5.75 Å². The van der Waals surface area contributed by atoms with Crippen LogP contribution in [-0.4, -0.2) is 41.2 Å². The van der Waals surface area contributed by atoms with E-state index in [0.717, 1.165) is 5.56 Å². The fourth-order valence-corrected chi connectivity index (χ4v) is 2.17. The Kier molecular flexibility index (Phi) is 3.57. The molecule has 1 aliphatic heterocycles. The first-order chi connectivity index (χ1) is 8.50. The highest BCUT2D eigenvalue weighted by atomic mass is 16.5. The number of carbonyl (C=O) groups excluding carboxylic acids is 1. The molecule has 1 amide bonds. The molecule has 1 aromatic carbocycles. The molecule has 18 heavy (non-hydrogen) atoms. The number of morpholine rings is 1. The first-order valence-electron chi connectivity index (χ1n) is 6.22. The summed E-state index contributed by atoms with van der Waals surface area (Å²) >= 11 is 0. The number of carbonyl (C=O) groups is 1. The Labute approximate surface area is 107 Å². The molecule has 0 bridgehead atoms. The summed E-state index contributed by atoms with van der Waals surface area (Å²) in [6, 6.07) is 5.28. The van der Waals surface area contributed by atoms with Crippen LogP contribution < -0.4 is 0 Å². The van der Waals surface area contributed by atoms with Gasteiger partial charge in [0.2, 0.25) is 0 Å². The zero-order chi connectivity index (χ0) is 13.3. The normalized spacial score (nSPS) is 24.1. The van der Waals surface area contributed by atoms with Crippen LogP contribution in [-0.2, 0) is 4.74 Å². The van der Waals surface area contributed by atoms with Crippen LogP contribution in [0, 0.1) is 6.92 Å². The molecule has 0 saturated carbocycles. The number of nitrogens with zero attached hydrogens (tertiary/aromatic N) is 1. The van der Waals surface area contributed by atoms with E-state index in [9.17, 15) is 9.90 Å². The number of phenolic OH excluding ortho intramolecular Hbond substituents is 1. The van der Waals surface area contributed by atoms with Crippen molar-refractivity contribution in [3.8, 4) is 5.75 Å². The van der Waals surface area contributed by atoms with Gasteiger partial charge in [-0.3, -0.25) is 4.79 Å². The molecule has 2 rings (SSSR count). The standard InChI is InChI=1S/C14H19NO3/c1-9-5-4-6-12(13(9)16)14(17)15-7-11(3)18-8-10(15)2/h4-6,10-11,16H,7-8H2,1-3H3. The Morgan fingerprint density at radius 3 is 2.89 bits per heavy atom. The zero-order valence-corrected chi connectivity index (χ0v) is 11.0. The maximum absolute atomic E-state index is 12.4. The fourth-order valence-electron chi connectivity index (χ4n) is 2.17. The van der Waals surface area contributed by atoms with Crippen molar-refractivity contribution in [3.05, 3.63) is 29.3 Å². The molecule has 1 saturated heterocycles. The van der Waals surface area contributed by atoms with Gasteiger partial charge in [-0.25, -0.2) is 0 Å². The third kappa shape index (κ3) is 2.34. The van der Waals surface area contributed by atoms with E-state index in [2.05, 4.69) is 0 Å². The van der Waals surface area contributed by atoms with E-state index in [-0.39, 0.29) is 23.8 Å². The molecular formula is C14H19NO3. The van der Waals surface area contributed by atoms with Crippen molar-refractivity contribution in [1.29, 1.82) is 0 Å². The van der Waals surface area contributed by atoms with E-state index in [0.29, 0.717) is 18.7 Å². The quantitative estimate of drug-likeness (QED) is 0.827. The Morgan fingerprint density at radius 2 is 2.17 bits per heavy atom. The molecular weight excluding hydrogens is 230 g/mol. The number of ether oxygens (including phenoxy) is 1. The van der Waals surface area contributed by atoms with E-state index >= 15 is 0 Å². The van der Waals surface area contributed by atoms with Gasteiger partial charge in [0.25, 0.3) is 5.91 Å². The minimum atomic E-state index is -0.126. The molecule has 4 nitrogen and oxygen atoms in total. The molecule has 1 aliphatic rings. The van der Waals surface area contributed by atoms with Crippen molar-refractivity contribution < 1.29 is 14.6 Å². The SMILES string of the molecule is Cc1cccc(C(=O)N2CC(C)OCC2C)c1O. The number of amides is 1. The van der Waals surface area contributed by atoms with Crippen LogP contribution in [0.1, 0.15) is 29.8 Å². The maximum Gasteiger partial charge on any atom is 0.258 e. The summed E-state index contributed by atoms with van der Waals surface area (Å²) in [5, 5.41) is 9.97. The number of rotatable bonds is 1. The van der Waals surface area contributed by atoms with Gasteiger partial charge >= 0.3 is 0 Å². The Hall–Kier alpha value is -1.55. The van der Waals surface area contributed by atoms with Gasteiger partial charge in [-0.1, -0.05) is 12.1 Å². The Bertz CT molecular complexity index is 458. The summed E-state index contributed by atoms with van der Waals surface area (Å²) < 4.78 is 5.50. The van der Waals surface area contributed by atoms with Crippen molar-refractivity contribution in [3.63, 3.8) is 0 Å². The number of phenols is 1. The van der Waals surface area contributed by atoms with Crippen LogP contribution in [0.4, 0.5) is 0 Å². The van der Waals surface area contributed by atoms with E-state index in [1.54, 1.807) is 30.0 Å². The van der Waals surface area contributed by atoms with E-state index < -0.39 is 0 Å². The summed E-state index contributed by atoms with van der Waals surface area (Å²) in [7, 11) is 0. The number of hydrogen-bond donors (Lipinski definition) is 1. The average Bonchev–Trinajstić information content (AvgIpc) is 2.35. The number of aromatic hydroxyl groups is 1. The minimum absolute atomic E-state index is 0.0358. The minimum Gasteiger partial charge on any atom is -0.507 e. The Balaban J connectivity index is 2.27. The van der Waals surface area contributed by atoms with Gasteiger partial charge < -0.3 is 14.7 Å². The van der Waals surface area contributed by atoms with Crippen LogP contribution >= 0.6 is 0 Å². The molecule has 0 radical (unpaired) electrons. The van der Waals surface area contributed by atoms with Crippen molar-refractivity contribution >= 4 is 5.91 Å². The van der Waals surface area contributed by atoms with Gasteiger partial charge in [0, 0.05) is 6.54 Å². The Morgan fingerprint density at radius 1 is 1.44 bits per heavy atom. The molecule has 1 aromatic rings. The average molecular weight is 249 g/mol. The molecule has 2 unspecified atom stereocenters. The van der Waals surface area contributed by atoms with Crippen molar-refractivity contribution in [2.45, 2.75) is 32.9 Å². The van der Waals surface area contributed by atoms with Gasteiger partial charge in [-0.2, -0.15) is 0 Å². The lowest BCUT2D eigenvalue weighted by Crippen LogP contribution is -2.50. The fraction of sp³-hybridized carbons (Fsp3) is 0.500. The first-order valence-corrected chi connectivity index (χ1v) is 6.22. The smallest absolute Gasteiger partial charge is 0.258 e. The number of para-hydroxylation sites is 1. The summed E-state index contributed by atoms with van der Waals surface area (Å²) in [6.07, 6.45) is 0.0390. The van der Waals surface area contributed by atoms with Crippen molar-refractivity contribution in [1.82, 2.24) is 4.90 Å². The second-order valence-electron chi connectivity index (χ2n) is 4.92. The van der Waals surface area contributed by atoms with E-state index in [1.807, 2.05) is 13.8 Å². The van der Waals surface area contributed by atoms with Crippen molar-refractivity contribution in [2.75, 3.05) is 13.2 Å². The molecule has 1 heterocycles. The molecule has 1 fully saturated rings. The monoisotopic (exact) mass is 249 g/mol. The lowest BCUT2D eigenvalue weighted by molar-refractivity contribution is -0.0387.